The number of nitrogens with zero attached hydrogens (tertiary/aromatic N) is 3. The van der Waals surface area contributed by atoms with Crippen molar-refractivity contribution in [1.29, 1.82) is 0 Å². The van der Waals surface area contributed by atoms with E-state index in [0.717, 1.165) is 18.6 Å². The van der Waals surface area contributed by atoms with E-state index in [4.69, 9.17) is 26.6 Å². The van der Waals surface area contributed by atoms with E-state index in [1.165, 1.54) is 0 Å². The molecule has 0 saturated carbocycles. The summed E-state index contributed by atoms with van der Waals surface area (Å²) in [5, 5.41) is 7.65. The third-order valence-corrected chi connectivity index (χ3v) is 3.40. The Labute approximate surface area is 169 Å². The summed E-state index contributed by atoms with van der Waals surface area (Å²) in [5.41, 5.74) is 6.64. The molecule has 0 aliphatic carbocycles. The van der Waals surface area contributed by atoms with Crippen molar-refractivity contribution in [1.82, 2.24) is 15.5 Å². The molecule has 0 radical (unpaired) electrons. The lowest BCUT2D eigenvalue weighted by atomic mass is 10.2. The van der Waals surface area contributed by atoms with Crippen molar-refractivity contribution in [2.45, 2.75) is 19.8 Å². The van der Waals surface area contributed by atoms with Gasteiger partial charge in [-0.25, -0.2) is 0 Å². The molecule has 3 N–H and O–H groups in total. The predicted molar refractivity (Wildman–Crippen MR) is 109 cm³/mol. The maximum absolute atomic E-state index is 5.86. The average molecular weight is 480 g/mol. The zero-order valence-electron chi connectivity index (χ0n) is 14.1. The molecule has 9 heteroatoms. The van der Waals surface area contributed by atoms with Crippen LogP contribution in [0.4, 0.5) is 0 Å². The second-order valence-electron chi connectivity index (χ2n) is 5.01. The number of hydrogen-bond donors (Lipinski definition) is 2. The van der Waals surface area contributed by atoms with Crippen LogP contribution in [0.25, 0.3) is 11.4 Å². The number of aromatic nitrogens is 2. The summed E-state index contributed by atoms with van der Waals surface area (Å²) in [6.45, 7) is 4.60. The summed E-state index contributed by atoms with van der Waals surface area (Å²) in [4.78, 5) is 8.56. The second kappa shape index (κ2) is 12.0. The number of ether oxygens (including phenoxy) is 1. The largest absolute Gasteiger partial charge is 0.382 e. The highest BCUT2D eigenvalue weighted by atomic mass is 127. The first-order valence-electron chi connectivity index (χ1n) is 7.89. The molecule has 0 amide bonds. The number of nitrogens with one attached hydrogen (secondary N) is 1. The number of benzene rings is 1. The van der Waals surface area contributed by atoms with E-state index in [0.29, 0.717) is 48.8 Å². The highest BCUT2D eigenvalue weighted by molar-refractivity contribution is 14.0. The summed E-state index contributed by atoms with van der Waals surface area (Å²) < 4.78 is 10.5. The van der Waals surface area contributed by atoms with E-state index in [-0.39, 0.29) is 24.0 Å². The van der Waals surface area contributed by atoms with Gasteiger partial charge in [0, 0.05) is 43.3 Å². The van der Waals surface area contributed by atoms with Crippen molar-refractivity contribution in [3.63, 3.8) is 0 Å². The Morgan fingerprint density at radius 2 is 2.12 bits per heavy atom. The second-order valence-corrected chi connectivity index (χ2v) is 5.45. The summed E-state index contributed by atoms with van der Waals surface area (Å²) in [7, 11) is 0. The molecule has 1 heterocycles. The molecule has 2 rings (SSSR count). The molecular weight excluding hydrogens is 457 g/mol. The lowest BCUT2D eigenvalue weighted by Crippen LogP contribution is -2.33. The van der Waals surface area contributed by atoms with Gasteiger partial charge in [0.25, 0.3) is 0 Å². The van der Waals surface area contributed by atoms with Gasteiger partial charge < -0.3 is 20.3 Å². The van der Waals surface area contributed by atoms with Gasteiger partial charge in [-0.15, -0.1) is 24.0 Å². The number of rotatable bonds is 9. The molecule has 0 saturated heterocycles. The first-order chi connectivity index (χ1) is 11.7. The normalized spacial score (nSPS) is 11.2. The molecule has 0 atom stereocenters. The number of nitrogens with two attached hydrogens (primary N) is 1. The molecule has 25 heavy (non-hydrogen) atoms. The summed E-state index contributed by atoms with van der Waals surface area (Å²) >= 11 is 5.86. The van der Waals surface area contributed by atoms with Crippen LogP contribution >= 0.6 is 35.6 Å². The average Bonchev–Trinajstić information content (AvgIpc) is 3.04. The van der Waals surface area contributed by atoms with Crippen LogP contribution in [-0.2, 0) is 11.2 Å². The minimum absolute atomic E-state index is 0. The van der Waals surface area contributed by atoms with Crippen LogP contribution in [0.2, 0.25) is 5.02 Å². The van der Waals surface area contributed by atoms with Crippen molar-refractivity contribution in [3.8, 4) is 11.4 Å². The summed E-state index contributed by atoms with van der Waals surface area (Å²) in [5.74, 6) is 1.49. The van der Waals surface area contributed by atoms with E-state index >= 15 is 0 Å². The molecule has 1 aromatic carbocycles. The number of aliphatic imine (C=N–C) groups is 1. The van der Waals surface area contributed by atoms with Crippen LogP contribution in [0.5, 0.6) is 0 Å². The van der Waals surface area contributed by atoms with Gasteiger partial charge in [-0.2, -0.15) is 4.98 Å². The SMILES string of the molecule is CCOCCCN=C(N)NCCc1nc(-c2ccc(Cl)cc2)no1.I. The highest BCUT2D eigenvalue weighted by Gasteiger charge is 2.08. The van der Waals surface area contributed by atoms with Crippen molar-refractivity contribution in [2.24, 2.45) is 10.7 Å². The predicted octanol–water partition coefficient (Wildman–Crippen LogP) is 2.88. The fraction of sp³-hybridized carbons (Fsp3) is 0.438. The van der Waals surface area contributed by atoms with E-state index in [2.05, 4.69) is 20.4 Å². The Hall–Kier alpha value is -1.39. The molecule has 7 nitrogen and oxygen atoms in total. The van der Waals surface area contributed by atoms with E-state index in [9.17, 15) is 0 Å². The lowest BCUT2D eigenvalue weighted by molar-refractivity contribution is 0.146. The third-order valence-electron chi connectivity index (χ3n) is 3.15. The monoisotopic (exact) mass is 479 g/mol. The quantitative estimate of drug-likeness (QED) is 0.248. The molecule has 0 spiro atoms. The minimum atomic E-state index is 0. The van der Waals surface area contributed by atoms with Crippen LogP contribution in [0, 0.1) is 0 Å². The van der Waals surface area contributed by atoms with Gasteiger partial charge in [0.1, 0.15) is 0 Å². The van der Waals surface area contributed by atoms with Crippen LogP contribution in [0.1, 0.15) is 19.2 Å². The van der Waals surface area contributed by atoms with E-state index in [1.54, 1.807) is 12.1 Å². The third kappa shape index (κ3) is 8.02. The molecule has 2 aromatic rings. The molecule has 138 valence electrons. The number of hydrogen-bond acceptors (Lipinski definition) is 5. The van der Waals surface area contributed by atoms with Gasteiger partial charge in [-0.05, 0) is 37.6 Å². The fourth-order valence-corrected chi connectivity index (χ4v) is 2.06. The minimum Gasteiger partial charge on any atom is -0.382 e. The van der Waals surface area contributed by atoms with Crippen LogP contribution in [0.3, 0.4) is 0 Å². The van der Waals surface area contributed by atoms with Crippen LogP contribution in [-0.4, -0.2) is 42.4 Å². The van der Waals surface area contributed by atoms with Crippen molar-refractivity contribution < 1.29 is 9.26 Å². The highest BCUT2D eigenvalue weighted by Crippen LogP contribution is 2.18. The molecule has 0 aliphatic heterocycles. The van der Waals surface area contributed by atoms with Crippen molar-refractivity contribution in [3.05, 3.63) is 35.2 Å². The molecule has 0 aliphatic rings. The standard InChI is InChI=1S/C16H22ClN5O2.HI/c1-2-23-11-3-9-19-16(18)20-10-8-14-21-15(22-24-14)12-4-6-13(17)7-5-12;/h4-7H,2-3,8-11H2,1H3,(H3,18,19,20);1H. The van der Waals surface area contributed by atoms with Crippen molar-refractivity contribution in [2.75, 3.05) is 26.3 Å². The van der Waals surface area contributed by atoms with E-state index < -0.39 is 0 Å². The molecule has 0 fully saturated rings. The first-order valence-corrected chi connectivity index (χ1v) is 8.27. The van der Waals surface area contributed by atoms with Crippen LogP contribution < -0.4 is 11.1 Å². The topological polar surface area (TPSA) is 98.6 Å². The number of halogens is 2. The van der Waals surface area contributed by atoms with Crippen LogP contribution in [0.15, 0.2) is 33.8 Å². The smallest absolute Gasteiger partial charge is 0.228 e. The maximum Gasteiger partial charge on any atom is 0.228 e. The summed E-state index contributed by atoms with van der Waals surface area (Å²) in [6.07, 6.45) is 1.42. The Kier molecular flexibility index (Phi) is 10.4. The van der Waals surface area contributed by atoms with Gasteiger partial charge in [-0.3, -0.25) is 4.99 Å². The Morgan fingerprint density at radius 1 is 1.36 bits per heavy atom. The lowest BCUT2D eigenvalue weighted by Gasteiger charge is -2.03. The summed E-state index contributed by atoms with van der Waals surface area (Å²) in [6, 6.07) is 7.28. The van der Waals surface area contributed by atoms with Crippen molar-refractivity contribution >= 4 is 41.5 Å². The van der Waals surface area contributed by atoms with Gasteiger partial charge in [0.2, 0.25) is 11.7 Å². The Morgan fingerprint density at radius 3 is 2.84 bits per heavy atom. The first kappa shape index (κ1) is 21.7. The zero-order chi connectivity index (χ0) is 17.2. The van der Waals surface area contributed by atoms with Gasteiger partial charge >= 0.3 is 0 Å². The zero-order valence-corrected chi connectivity index (χ0v) is 17.2. The molecule has 1 aromatic heterocycles. The molecule has 0 unspecified atom stereocenters. The van der Waals surface area contributed by atoms with Gasteiger partial charge in [0.15, 0.2) is 5.96 Å². The molecule has 0 bridgehead atoms. The fourth-order valence-electron chi connectivity index (χ4n) is 1.94. The van der Waals surface area contributed by atoms with E-state index in [1.807, 2.05) is 19.1 Å². The Balaban J connectivity index is 0.00000312. The maximum atomic E-state index is 5.86. The van der Waals surface area contributed by atoms with Gasteiger partial charge in [-0.1, -0.05) is 16.8 Å². The Bertz CT molecular complexity index is 648. The number of guanidine groups is 1. The van der Waals surface area contributed by atoms with Gasteiger partial charge in [0.05, 0.1) is 0 Å². The molecular formula is C16H23ClIN5O2.